The molecule has 0 saturated heterocycles. The third-order valence-electron chi connectivity index (χ3n) is 4.18. The predicted molar refractivity (Wildman–Crippen MR) is 85.6 cm³/mol. The minimum Gasteiger partial charge on any atom is -0.478 e. The largest absolute Gasteiger partial charge is 0.478 e. The van der Waals surface area contributed by atoms with Gasteiger partial charge in [-0.25, -0.2) is 9.59 Å². The summed E-state index contributed by atoms with van der Waals surface area (Å²) in [6.07, 6.45) is 0.143. The maximum absolute atomic E-state index is 12.0. The van der Waals surface area contributed by atoms with Crippen LogP contribution in [0.4, 0.5) is 0 Å². The van der Waals surface area contributed by atoms with Crippen LogP contribution in [0.3, 0.4) is 0 Å². The van der Waals surface area contributed by atoms with Crippen molar-refractivity contribution >= 4 is 23.8 Å². The SMILES string of the molecule is NC(=O)c1c2c(c(C(=O)O)c(C(=O)O)c1C(N)=O)-c1ccccc1C2. The lowest BCUT2D eigenvalue weighted by Crippen LogP contribution is -2.28. The highest BCUT2D eigenvalue weighted by molar-refractivity contribution is 6.20. The Labute approximate surface area is 140 Å². The molecule has 2 aromatic rings. The highest BCUT2D eigenvalue weighted by Gasteiger charge is 2.37. The lowest BCUT2D eigenvalue weighted by Gasteiger charge is -2.17. The molecule has 0 unspecified atom stereocenters. The van der Waals surface area contributed by atoms with Gasteiger partial charge in [-0.05, 0) is 23.1 Å². The van der Waals surface area contributed by atoms with E-state index in [0.29, 0.717) is 11.1 Å². The van der Waals surface area contributed by atoms with Gasteiger partial charge >= 0.3 is 11.9 Å². The lowest BCUT2D eigenvalue weighted by atomic mass is 9.85. The summed E-state index contributed by atoms with van der Waals surface area (Å²) in [6.45, 7) is 0. The fraction of sp³-hybridized carbons (Fsp3) is 0.0588. The molecule has 3 rings (SSSR count). The van der Waals surface area contributed by atoms with Crippen molar-refractivity contribution in [3.63, 3.8) is 0 Å². The van der Waals surface area contributed by atoms with Crippen LogP contribution in [0.15, 0.2) is 24.3 Å². The second kappa shape index (κ2) is 5.45. The van der Waals surface area contributed by atoms with Crippen molar-refractivity contribution in [2.45, 2.75) is 6.42 Å². The van der Waals surface area contributed by atoms with Crippen molar-refractivity contribution in [1.82, 2.24) is 0 Å². The Morgan fingerprint density at radius 3 is 1.88 bits per heavy atom. The van der Waals surface area contributed by atoms with E-state index in [1.54, 1.807) is 24.3 Å². The van der Waals surface area contributed by atoms with E-state index in [0.717, 1.165) is 0 Å². The number of aromatic carboxylic acids is 2. The molecule has 126 valence electrons. The van der Waals surface area contributed by atoms with Crippen LogP contribution in [0, 0.1) is 0 Å². The van der Waals surface area contributed by atoms with Gasteiger partial charge in [0.25, 0.3) is 0 Å². The van der Waals surface area contributed by atoms with Gasteiger partial charge in [0.1, 0.15) is 0 Å². The second-order valence-electron chi connectivity index (χ2n) is 5.53. The van der Waals surface area contributed by atoms with Crippen LogP contribution in [0.25, 0.3) is 11.1 Å². The molecule has 0 bridgehead atoms. The Bertz CT molecular complexity index is 993. The summed E-state index contributed by atoms with van der Waals surface area (Å²) in [5.74, 6) is -5.49. The van der Waals surface area contributed by atoms with Crippen molar-refractivity contribution < 1.29 is 29.4 Å². The number of rotatable bonds is 4. The number of amides is 2. The number of carboxylic acids is 2. The Kier molecular flexibility index (Phi) is 3.53. The first kappa shape index (κ1) is 16.2. The highest BCUT2D eigenvalue weighted by atomic mass is 16.4. The molecule has 1 aliphatic rings. The van der Waals surface area contributed by atoms with Crippen molar-refractivity contribution in [3.05, 3.63) is 57.6 Å². The molecule has 8 heteroatoms. The molecule has 0 spiro atoms. The molecule has 0 fully saturated rings. The standard InChI is InChI=1S/C17H12N2O6/c18-14(20)10-8-5-6-3-1-2-4-7(6)9(8)12(16(22)23)13(17(24)25)11(10)15(19)21/h1-4H,5H2,(H2,18,20)(H2,19,21)(H,22,23)(H,24,25). The van der Waals surface area contributed by atoms with Gasteiger partial charge in [-0.1, -0.05) is 24.3 Å². The van der Waals surface area contributed by atoms with Gasteiger partial charge < -0.3 is 21.7 Å². The summed E-state index contributed by atoms with van der Waals surface area (Å²) in [5, 5.41) is 19.1. The van der Waals surface area contributed by atoms with E-state index in [2.05, 4.69) is 0 Å². The predicted octanol–water partition coefficient (Wildman–Crippen LogP) is 0.852. The molecule has 0 saturated carbocycles. The van der Waals surface area contributed by atoms with Gasteiger partial charge in [0.05, 0.1) is 22.3 Å². The molecule has 8 nitrogen and oxygen atoms in total. The summed E-state index contributed by atoms with van der Waals surface area (Å²) in [7, 11) is 0. The zero-order valence-corrected chi connectivity index (χ0v) is 12.7. The molecule has 0 radical (unpaired) electrons. The Morgan fingerprint density at radius 2 is 1.36 bits per heavy atom. The Hall–Kier alpha value is -3.68. The lowest BCUT2D eigenvalue weighted by molar-refractivity contribution is 0.0649. The van der Waals surface area contributed by atoms with Crippen LogP contribution in [0.1, 0.15) is 52.6 Å². The van der Waals surface area contributed by atoms with Crippen LogP contribution in [0.5, 0.6) is 0 Å². The smallest absolute Gasteiger partial charge is 0.337 e. The normalized spacial score (nSPS) is 11.5. The number of hydrogen-bond acceptors (Lipinski definition) is 4. The molecule has 0 aromatic heterocycles. The zero-order valence-electron chi connectivity index (χ0n) is 12.7. The van der Waals surface area contributed by atoms with Crippen LogP contribution in [-0.4, -0.2) is 34.0 Å². The fourth-order valence-electron chi connectivity index (χ4n) is 3.33. The summed E-state index contributed by atoms with van der Waals surface area (Å²) in [4.78, 5) is 47.4. The van der Waals surface area contributed by atoms with Gasteiger partial charge in [-0.15, -0.1) is 0 Å². The summed E-state index contributed by atoms with van der Waals surface area (Å²) >= 11 is 0. The number of carboxylic acid groups (broad SMARTS) is 2. The molecule has 0 heterocycles. The van der Waals surface area contributed by atoms with Gasteiger partial charge in [0.15, 0.2) is 0 Å². The summed E-state index contributed by atoms with van der Waals surface area (Å²) < 4.78 is 0. The average molecular weight is 340 g/mol. The first-order valence-electron chi connectivity index (χ1n) is 7.13. The van der Waals surface area contributed by atoms with Gasteiger partial charge in [-0.2, -0.15) is 0 Å². The quantitative estimate of drug-likeness (QED) is 0.550. The summed E-state index contributed by atoms with van der Waals surface area (Å²) in [6, 6.07) is 6.72. The van der Waals surface area contributed by atoms with Gasteiger partial charge in [0, 0.05) is 5.56 Å². The van der Waals surface area contributed by atoms with E-state index in [-0.39, 0.29) is 23.1 Å². The minimum absolute atomic E-state index is 0.0827. The number of carbonyl (C=O) groups is 4. The highest BCUT2D eigenvalue weighted by Crippen LogP contribution is 2.43. The molecule has 0 aliphatic heterocycles. The van der Waals surface area contributed by atoms with E-state index < -0.39 is 40.4 Å². The van der Waals surface area contributed by atoms with E-state index in [4.69, 9.17) is 11.5 Å². The third-order valence-corrected chi connectivity index (χ3v) is 4.18. The van der Waals surface area contributed by atoms with Crippen LogP contribution in [0.2, 0.25) is 0 Å². The third kappa shape index (κ3) is 2.23. The molecule has 6 N–H and O–H groups in total. The molecule has 25 heavy (non-hydrogen) atoms. The molecular weight excluding hydrogens is 328 g/mol. The number of carbonyl (C=O) groups excluding carboxylic acids is 2. The number of primary amides is 2. The molecule has 1 aliphatic carbocycles. The van der Waals surface area contributed by atoms with Crippen molar-refractivity contribution in [2.24, 2.45) is 11.5 Å². The molecule has 2 aromatic carbocycles. The monoisotopic (exact) mass is 340 g/mol. The molecule has 0 atom stereocenters. The van der Waals surface area contributed by atoms with Crippen molar-refractivity contribution in [2.75, 3.05) is 0 Å². The minimum atomic E-state index is -1.68. The van der Waals surface area contributed by atoms with Crippen molar-refractivity contribution in [3.8, 4) is 11.1 Å². The second-order valence-corrected chi connectivity index (χ2v) is 5.53. The number of nitrogens with two attached hydrogens (primary N) is 2. The maximum Gasteiger partial charge on any atom is 0.337 e. The van der Waals surface area contributed by atoms with Crippen LogP contribution in [-0.2, 0) is 6.42 Å². The first-order chi connectivity index (χ1) is 11.8. The number of fused-ring (bicyclic) bond motifs is 3. The molecular formula is C17H12N2O6. The Balaban J connectivity index is 2.61. The van der Waals surface area contributed by atoms with E-state index >= 15 is 0 Å². The van der Waals surface area contributed by atoms with Gasteiger partial charge in [-0.3, -0.25) is 9.59 Å². The fourth-order valence-corrected chi connectivity index (χ4v) is 3.33. The Morgan fingerprint density at radius 1 is 0.800 bits per heavy atom. The topological polar surface area (TPSA) is 161 Å². The van der Waals surface area contributed by atoms with E-state index in [1.165, 1.54) is 0 Å². The first-order valence-corrected chi connectivity index (χ1v) is 7.13. The summed E-state index contributed by atoms with van der Waals surface area (Å²) in [5.41, 5.74) is 9.65. The van der Waals surface area contributed by atoms with Crippen molar-refractivity contribution in [1.29, 1.82) is 0 Å². The number of hydrogen-bond donors (Lipinski definition) is 4. The van der Waals surface area contributed by atoms with E-state index in [9.17, 15) is 29.4 Å². The molecule has 2 amide bonds. The van der Waals surface area contributed by atoms with E-state index in [1.807, 2.05) is 0 Å². The van der Waals surface area contributed by atoms with Gasteiger partial charge in [0.2, 0.25) is 11.8 Å². The number of benzene rings is 2. The average Bonchev–Trinajstić information content (AvgIpc) is 2.90. The van der Waals surface area contributed by atoms with Crippen LogP contribution >= 0.6 is 0 Å². The zero-order chi connectivity index (χ0) is 18.5. The van der Waals surface area contributed by atoms with Crippen LogP contribution < -0.4 is 11.5 Å². The maximum atomic E-state index is 12.0.